The molecule has 0 fully saturated rings. The topological polar surface area (TPSA) is 79.1 Å². The Morgan fingerprint density at radius 2 is 1.91 bits per heavy atom. The highest BCUT2D eigenvalue weighted by atomic mass is 35.5. The molecule has 3 aromatic rings. The van der Waals surface area contributed by atoms with Crippen molar-refractivity contribution in [2.75, 3.05) is 20.8 Å². The summed E-state index contributed by atoms with van der Waals surface area (Å²) in [7, 11) is 3.06. The van der Waals surface area contributed by atoms with Gasteiger partial charge in [0.05, 0.1) is 52.7 Å². The summed E-state index contributed by atoms with van der Waals surface area (Å²) >= 11 is 13.7. The molecule has 4 rings (SSSR count). The lowest BCUT2D eigenvalue weighted by Crippen LogP contribution is -2.40. The molecule has 182 valence electrons. The molecule has 0 spiro atoms. The predicted octanol–water partition coefficient (Wildman–Crippen LogP) is 4.12. The van der Waals surface area contributed by atoms with Crippen LogP contribution in [0.4, 0.5) is 0 Å². The Labute approximate surface area is 215 Å². The highest BCUT2D eigenvalue weighted by Gasteiger charge is 2.34. The Morgan fingerprint density at radius 3 is 2.60 bits per heavy atom. The summed E-state index contributed by atoms with van der Waals surface area (Å²) in [5, 5.41) is 0.733. The molecule has 1 aliphatic heterocycles. The van der Waals surface area contributed by atoms with Gasteiger partial charge in [0.1, 0.15) is 0 Å². The smallest absolute Gasteiger partial charge is 0.338 e. The first-order chi connectivity index (χ1) is 16.8. The average molecular weight is 533 g/mol. The van der Waals surface area contributed by atoms with Gasteiger partial charge >= 0.3 is 5.97 Å². The third-order valence-corrected chi connectivity index (χ3v) is 7.32. The molecule has 0 aliphatic carbocycles. The molecule has 0 radical (unpaired) electrons. The number of allylic oxidation sites excluding steroid dienone is 1. The maximum atomic E-state index is 13.7. The first-order valence-electron chi connectivity index (χ1n) is 10.7. The van der Waals surface area contributed by atoms with Crippen LogP contribution < -0.4 is 24.4 Å². The van der Waals surface area contributed by atoms with Crippen LogP contribution in [-0.4, -0.2) is 31.4 Å². The van der Waals surface area contributed by atoms with Crippen molar-refractivity contribution in [3.63, 3.8) is 0 Å². The van der Waals surface area contributed by atoms with Crippen LogP contribution in [-0.2, 0) is 9.53 Å². The van der Waals surface area contributed by atoms with Crippen molar-refractivity contribution in [1.29, 1.82) is 0 Å². The van der Waals surface area contributed by atoms with Gasteiger partial charge in [-0.25, -0.2) is 9.79 Å². The molecule has 0 bridgehead atoms. The van der Waals surface area contributed by atoms with E-state index < -0.39 is 12.0 Å². The summed E-state index contributed by atoms with van der Waals surface area (Å²) in [4.78, 5) is 31.7. The second-order valence-electron chi connectivity index (χ2n) is 7.56. The van der Waals surface area contributed by atoms with Crippen molar-refractivity contribution in [3.05, 3.63) is 88.5 Å². The molecule has 1 atom stereocenters. The van der Waals surface area contributed by atoms with Crippen molar-refractivity contribution in [1.82, 2.24) is 4.57 Å². The molecule has 35 heavy (non-hydrogen) atoms. The van der Waals surface area contributed by atoms with Gasteiger partial charge in [-0.1, -0.05) is 52.7 Å². The highest BCUT2D eigenvalue weighted by molar-refractivity contribution is 7.07. The van der Waals surface area contributed by atoms with Gasteiger partial charge in [0.15, 0.2) is 16.3 Å². The van der Waals surface area contributed by atoms with E-state index >= 15 is 0 Å². The number of halogens is 2. The van der Waals surface area contributed by atoms with Crippen LogP contribution in [0.1, 0.15) is 31.0 Å². The van der Waals surface area contributed by atoms with Gasteiger partial charge in [-0.2, -0.15) is 0 Å². The Bertz CT molecular complexity index is 1520. The van der Waals surface area contributed by atoms with Gasteiger partial charge in [-0.15, -0.1) is 0 Å². The molecule has 0 saturated carbocycles. The summed E-state index contributed by atoms with van der Waals surface area (Å²) in [6.07, 6.45) is 1.67. The number of hydrogen-bond donors (Lipinski definition) is 0. The Balaban J connectivity index is 1.99. The van der Waals surface area contributed by atoms with Crippen molar-refractivity contribution >= 4 is 46.6 Å². The molecular formula is C25H22Cl2N2O5S. The standard InChI is InChI=1S/C25H22Cl2N2O5S/c1-5-34-24(31)20-13(2)28-25-29(22(20)15-9-10-17(32-3)18(11-15)33-4)23(30)19(35-25)12-14-7-6-8-16(26)21(14)27/h6-12,22H,5H2,1-4H3/b19-12+. The summed E-state index contributed by atoms with van der Waals surface area (Å²) in [5.74, 6) is 0.453. The number of rotatable bonds is 6. The molecule has 7 nitrogen and oxygen atoms in total. The van der Waals surface area contributed by atoms with Gasteiger partial charge in [0, 0.05) is 0 Å². The van der Waals surface area contributed by atoms with E-state index in [1.165, 1.54) is 30.1 Å². The predicted molar refractivity (Wildman–Crippen MR) is 136 cm³/mol. The average Bonchev–Trinajstić information content (AvgIpc) is 3.15. The zero-order valence-electron chi connectivity index (χ0n) is 19.4. The lowest BCUT2D eigenvalue weighted by Gasteiger charge is -2.25. The minimum Gasteiger partial charge on any atom is -0.493 e. The quantitative estimate of drug-likeness (QED) is 0.446. The molecule has 1 aliphatic rings. The van der Waals surface area contributed by atoms with E-state index in [2.05, 4.69) is 4.99 Å². The van der Waals surface area contributed by atoms with Crippen LogP contribution in [0, 0.1) is 0 Å². The van der Waals surface area contributed by atoms with Crippen LogP contribution in [0.15, 0.2) is 57.5 Å². The van der Waals surface area contributed by atoms with Crippen LogP contribution in [0.3, 0.4) is 0 Å². The molecule has 0 amide bonds. The Hall–Kier alpha value is -3.07. The van der Waals surface area contributed by atoms with E-state index in [0.717, 1.165) is 0 Å². The number of carbonyl (C=O) groups excluding carboxylic acids is 1. The largest absolute Gasteiger partial charge is 0.493 e. The number of ether oxygens (including phenoxy) is 3. The zero-order chi connectivity index (χ0) is 25.3. The number of methoxy groups -OCH3 is 2. The molecule has 10 heteroatoms. The van der Waals surface area contributed by atoms with Crippen LogP contribution in [0.5, 0.6) is 11.5 Å². The van der Waals surface area contributed by atoms with E-state index in [4.69, 9.17) is 37.4 Å². The van der Waals surface area contributed by atoms with Crippen LogP contribution in [0.25, 0.3) is 6.08 Å². The van der Waals surface area contributed by atoms with E-state index in [9.17, 15) is 9.59 Å². The number of thiazole rings is 1. The number of esters is 1. The molecule has 1 unspecified atom stereocenters. The molecule has 2 aromatic carbocycles. The molecular weight excluding hydrogens is 511 g/mol. The fourth-order valence-corrected chi connectivity index (χ4v) is 5.30. The van der Waals surface area contributed by atoms with Crippen molar-refractivity contribution < 1.29 is 19.0 Å². The van der Waals surface area contributed by atoms with Crippen LogP contribution in [0.2, 0.25) is 10.0 Å². The zero-order valence-corrected chi connectivity index (χ0v) is 21.8. The number of benzene rings is 2. The number of carbonyl (C=O) groups is 1. The van der Waals surface area contributed by atoms with Gasteiger partial charge in [0.2, 0.25) is 0 Å². The van der Waals surface area contributed by atoms with E-state index in [-0.39, 0.29) is 17.7 Å². The monoisotopic (exact) mass is 532 g/mol. The van der Waals surface area contributed by atoms with E-state index in [0.29, 0.717) is 47.7 Å². The number of nitrogens with zero attached hydrogens (tertiary/aromatic N) is 2. The summed E-state index contributed by atoms with van der Waals surface area (Å²) in [5.41, 5.74) is 1.68. The fourth-order valence-electron chi connectivity index (χ4n) is 3.90. The normalized spacial score (nSPS) is 15.5. The third-order valence-electron chi connectivity index (χ3n) is 5.51. The fraction of sp³-hybridized carbons (Fsp3) is 0.240. The van der Waals surface area contributed by atoms with E-state index in [1.54, 1.807) is 56.3 Å². The lowest BCUT2D eigenvalue weighted by atomic mass is 9.95. The van der Waals surface area contributed by atoms with Crippen molar-refractivity contribution in [2.24, 2.45) is 4.99 Å². The number of aromatic nitrogens is 1. The second-order valence-corrected chi connectivity index (χ2v) is 9.35. The van der Waals surface area contributed by atoms with Crippen molar-refractivity contribution in [3.8, 4) is 11.5 Å². The van der Waals surface area contributed by atoms with Gasteiger partial charge < -0.3 is 14.2 Å². The first-order valence-corrected chi connectivity index (χ1v) is 12.2. The Kier molecular flexibility index (Phi) is 7.35. The second kappa shape index (κ2) is 10.3. The van der Waals surface area contributed by atoms with Crippen LogP contribution >= 0.6 is 34.5 Å². The van der Waals surface area contributed by atoms with Gasteiger partial charge in [-0.3, -0.25) is 9.36 Å². The number of fused-ring (bicyclic) bond motifs is 1. The van der Waals surface area contributed by atoms with Gasteiger partial charge in [-0.05, 0) is 49.2 Å². The molecule has 1 aromatic heterocycles. The number of hydrogen-bond acceptors (Lipinski definition) is 7. The molecule has 2 heterocycles. The summed E-state index contributed by atoms with van der Waals surface area (Å²) in [6, 6.07) is 9.69. The van der Waals surface area contributed by atoms with Gasteiger partial charge in [0.25, 0.3) is 5.56 Å². The third kappa shape index (κ3) is 4.61. The van der Waals surface area contributed by atoms with Crippen molar-refractivity contribution in [2.45, 2.75) is 19.9 Å². The molecule has 0 N–H and O–H groups in total. The molecule has 0 saturated heterocycles. The van der Waals surface area contributed by atoms with E-state index in [1.807, 2.05) is 0 Å². The maximum absolute atomic E-state index is 13.7. The minimum absolute atomic E-state index is 0.186. The SMILES string of the molecule is CCOC(=O)C1=C(C)N=c2s/c(=C/c3cccc(Cl)c3Cl)c(=O)n2C1c1ccc(OC)c(OC)c1. The lowest BCUT2D eigenvalue weighted by molar-refractivity contribution is -0.139. The summed E-state index contributed by atoms with van der Waals surface area (Å²) in [6.45, 7) is 3.64. The maximum Gasteiger partial charge on any atom is 0.338 e. The first kappa shape index (κ1) is 25.0. The minimum atomic E-state index is -0.776. The Morgan fingerprint density at radius 1 is 1.17 bits per heavy atom. The summed E-state index contributed by atoms with van der Waals surface area (Å²) < 4.78 is 18.0. The highest BCUT2D eigenvalue weighted by Crippen LogP contribution is 2.36.